The minimum Gasteiger partial charge on any atom is -0.480 e. The fraction of sp³-hybridized carbons (Fsp3) is 0.750. The van der Waals surface area contributed by atoms with Crippen LogP contribution >= 0.6 is 0 Å². The Kier molecular flexibility index (Phi) is 8.35. The molecule has 0 aliphatic heterocycles. The molecule has 1 amide bonds. The van der Waals surface area contributed by atoms with Crippen LogP contribution < -0.4 is 11.1 Å². The molecule has 0 aromatic heterocycles. The third kappa shape index (κ3) is 9.34. The molecule has 0 spiro atoms. The topological polar surface area (TPSA) is 131 Å². The second-order valence-corrected chi connectivity index (χ2v) is 2.80. The lowest BCUT2D eigenvalue weighted by Gasteiger charge is -2.11. The van der Waals surface area contributed by atoms with Crippen molar-refractivity contribution < 1.29 is 29.3 Å². The number of aliphatic carboxylic acids is 1. The number of carbonyl (C=O) groups is 2. The Balaban J connectivity index is 3.46. The molecule has 0 saturated carbocycles. The van der Waals surface area contributed by atoms with Gasteiger partial charge in [-0.1, -0.05) is 0 Å². The number of ether oxygens (including phenoxy) is 2. The van der Waals surface area contributed by atoms with E-state index in [9.17, 15) is 9.59 Å². The lowest BCUT2D eigenvalue weighted by atomic mass is 10.4. The van der Waals surface area contributed by atoms with Gasteiger partial charge in [-0.2, -0.15) is 0 Å². The Bertz CT molecular complexity index is 223. The first kappa shape index (κ1) is 14.8. The van der Waals surface area contributed by atoms with Gasteiger partial charge in [-0.3, -0.25) is 4.79 Å². The largest absolute Gasteiger partial charge is 0.480 e. The molecule has 16 heavy (non-hydrogen) atoms. The molecule has 8 nitrogen and oxygen atoms in total. The van der Waals surface area contributed by atoms with Gasteiger partial charge in [0.25, 0.3) is 0 Å². The molecule has 0 saturated heterocycles. The van der Waals surface area contributed by atoms with E-state index >= 15 is 0 Å². The molecule has 0 rings (SSSR count). The van der Waals surface area contributed by atoms with Crippen LogP contribution in [0.5, 0.6) is 0 Å². The van der Waals surface area contributed by atoms with E-state index in [1.165, 1.54) is 0 Å². The molecular weight excluding hydrogens is 220 g/mol. The summed E-state index contributed by atoms with van der Waals surface area (Å²) in [6.07, 6.45) is -1.47. The maximum Gasteiger partial charge on any atom is 0.329 e. The number of rotatable bonds is 9. The molecule has 1 atom stereocenters. The monoisotopic (exact) mass is 236 g/mol. The van der Waals surface area contributed by atoms with Gasteiger partial charge in [-0.25, -0.2) is 4.79 Å². The predicted octanol–water partition coefficient (Wildman–Crippen LogP) is -2.15. The zero-order valence-electron chi connectivity index (χ0n) is 8.72. The summed E-state index contributed by atoms with van der Waals surface area (Å²) in [6, 6.07) is 0. The Hall–Kier alpha value is -1.22. The van der Waals surface area contributed by atoms with Crippen molar-refractivity contribution >= 4 is 11.9 Å². The Morgan fingerprint density at radius 3 is 2.69 bits per heavy atom. The molecule has 0 aromatic carbocycles. The first-order chi connectivity index (χ1) is 7.56. The highest BCUT2D eigenvalue weighted by Crippen LogP contribution is 1.93. The van der Waals surface area contributed by atoms with Crippen LogP contribution in [0.2, 0.25) is 0 Å². The summed E-state index contributed by atoms with van der Waals surface area (Å²) in [5.41, 5.74) is 5.12. The number of carbonyl (C=O) groups excluding carboxylic acids is 1. The van der Waals surface area contributed by atoms with Crippen molar-refractivity contribution in [1.29, 1.82) is 0 Å². The lowest BCUT2D eigenvalue weighted by Crippen LogP contribution is -2.31. The molecule has 1 unspecified atom stereocenters. The second-order valence-electron chi connectivity index (χ2n) is 2.80. The van der Waals surface area contributed by atoms with Crippen molar-refractivity contribution in [2.75, 3.05) is 26.5 Å². The number of nitrogens with one attached hydrogen (secondary N) is 1. The molecule has 8 heteroatoms. The average Bonchev–Trinajstić information content (AvgIpc) is 2.21. The molecule has 5 N–H and O–H groups in total. The number of aliphatic hydroxyl groups excluding tert-OH is 1. The van der Waals surface area contributed by atoms with Crippen LogP contribution in [0.1, 0.15) is 6.42 Å². The molecule has 0 heterocycles. The van der Waals surface area contributed by atoms with E-state index in [2.05, 4.69) is 10.1 Å². The van der Waals surface area contributed by atoms with Crippen LogP contribution in [0, 0.1) is 0 Å². The molecule has 0 radical (unpaired) electrons. The molecule has 0 fully saturated rings. The van der Waals surface area contributed by atoms with Crippen LogP contribution in [-0.4, -0.2) is 54.9 Å². The van der Waals surface area contributed by atoms with Crippen LogP contribution in [-0.2, 0) is 19.1 Å². The molecule has 0 bridgehead atoms. The predicted molar refractivity (Wildman–Crippen MR) is 52.2 cm³/mol. The van der Waals surface area contributed by atoms with Crippen molar-refractivity contribution in [3.8, 4) is 0 Å². The summed E-state index contributed by atoms with van der Waals surface area (Å²) < 4.78 is 9.30. The fourth-order valence-corrected chi connectivity index (χ4v) is 0.764. The molecule has 0 aliphatic rings. The highest BCUT2D eigenvalue weighted by Gasteiger charge is 2.10. The maximum absolute atomic E-state index is 11.1. The van der Waals surface area contributed by atoms with E-state index in [0.717, 1.165) is 0 Å². The number of amides is 1. The summed E-state index contributed by atoms with van der Waals surface area (Å²) >= 11 is 0. The van der Waals surface area contributed by atoms with Gasteiger partial charge in [-0.05, 0) is 0 Å². The summed E-state index contributed by atoms with van der Waals surface area (Å²) in [7, 11) is 0. The van der Waals surface area contributed by atoms with E-state index in [1.807, 2.05) is 0 Å². The number of nitrogens with two attached hydrogens (primary N) is 1. The van der Waals surface area contributed by atoms with Gasteiger partial charge >= 0.3 is 5.97 Å². The SMILES string of the molecule is NCCOC(O)CC(=O)NCOCC(=O)O. The van der Waals surface area contributed by atoms with Gasteiger partial charge in [0.2, 0.25) is 5.91 Å². The number of aliphatic hydroxyl groups is 1. The highest BCUT2D eigenvalue weighted by molar-refractivity contribution is 5.76. The van der Waals surface area contributed by atoms with Gasteiger partial charge in [-0.15, -0.1) is 0 Å². The number of carboxylic acids is 1. The quantitative estimate of drug-likeness (QED) is 0.265. The van der Waals surface area contributed by atoms with Crippen LogP contribution in [0.25, 0.3) is 0 Å². The van der Waals surface area contributed by atoms with Crippen molar-refractivity contribution in [1.82, 2.24) is 5.32 Å². The van der Waals surface area contributed by atoms with E-state index in [1.54, 1.807) is 0 Å². The first-order valence-electron chi connectivity index (χ1n) is 4.62. The highest BCUT2D eigenvalue weighted by atomic mass is 16.6. The zero-order valence-corrected chi connectivity index (χ0v) is 8.72. The van der Waals surface area contributed by atoms with Crippen molar-refractivity contribution in [2.45, 2.75) is 12.7 Å². The Morgan fingerprint density at radius 1 is 1.44 bits per heavy atom. The van der Waals surface area contributed by atoms with Crippen LogP contribution in [0.3, 0.4) is 0 Å². The normalized spacial score (nSPS) is 12.1. The van der Waals surface area contributed by atoms with Crippen molar-refractivity contribution in [3.05, 3.63) is 0 Å². The summed E-state index contributed by atoms with van der Waals surface area (Å²) in [4.78, 5) is 21.1. The van der Waals surface area contributed by atoms with Crippen molar-refractivity contribution in [3.63, 3.8) is 0 Å². The molecule has 94 valence electrons. The smallest absolute Gasteiger partial charge is 0.329 e. The zero-order chi connectivity index (χ0) is 12.4. The van der Waals surface area contributed by atoms with Gasteiger partial charge in [0.05, 0.1) is 13.0 Å². The number of carboxylic acid groups (broad SMARTS) is 1. The summed E-state index contributed by atoms with van der Waals surface area (Å²) in [5.74, 6) is -1.63. The van der Waals surface area contributed by atoms with E-state index in [4.69, 9.17) is 20.7 Å². The standard InChI is InChI=1S/C8H16N2O6/c9-1-2-16-8(14)3-6(11)10-5-15-4-7(12)13/h8,14H,1-5,9H2,(H,10,11)(H,12,13). The van der Waals surface area contributed by atoms with Crippen LogP contribution in [0.15, 0.2) is 0 Å². The third-order valence-electron chi connectivity index (χ3n) is 1.39. The first-order valence-corrected chi connectivity index (χ1v) is 4.62. The summed E-state index contributed by atoms with van der Waals surface area (Å²) in [6.45, 7) is -0.314. The van der Waals surface area contributed by atoms with E-state index in [0.29, 0.717) is 0 Å². The molecule has 0 aromatic rings. The molecule has 0 aliphatic carbocycles. The minimum atomic E-state index is -1.22. The fourth-order valence-electron chi connectivity index (χ4n) is 0.764. The lowest BCUT2D eigenvalue weighted by molar-refractivity contribution is -0.145. The minimum absolute atomic E-state index is 0.157. The number of hydrogen-bond acceptors (Lipinski definition) is 6. The number of hydrogen-bond donors (Lipinski definition) is 4. The average molecular weight is 236 g/mol. The second kappa shape index (κ2) is 9.04. The third-order valence-corrected chi connectivity index (χ3v) is 1.39. The van der Waals surface area contributed by atoms with Crippen LogP contribution in [0.4, 0.5) is 0 Å². The van der Waals surface area contributed by atoms with Gasteiger partial charge < -0.3 is 30.7 Å². The summed E-state index contributed by atoms with van der Waals surface area (Å²) in [5, 5.41) is 19.6. The van der Waals surface area contributed by atoms with Gasteiger partial charge in [0, 0.05) is 6.54 Å². The maximum atomic E-state index is 11.1. The Labute approximate surface area is 92.3 Å². The Morgan fingerprint density at radius 2 is 2.12 bits per heavy atom. The van der Waals surface area contributed by atoms with Crippen molar-refractivity contribution in [2.24, 2.45) is 5.73 Å². The van der Waals surface area contributed by atoms with E-state index in [-0.39, 0.29) is 26.3 Å². The van der Waals surface area contributed by atoms with Gasteiger partial charge in [0.15, 0.2) is 6.29 Å². The van der Waals surface area contributed by atoms with E-state index < -0.39 is 24.8 Å². The van der Waals surface area contributed by atoms with Gasteiger partial charge in [0.1, 0.15) is 13.3 Å². The molecular formula is C8H16N2O6.